The first-order chi connectivity index (χ1) is 16.5. The van der Waals surface area contributed by atoms with Crippen molar-refractivity contribution in [1.82, 2.24) is 29.1 Å². The largest absolute Gasteiger partial charge is 0.306 e. The predicted octanol–water partition coefficient (Wildman–Crippen LogP) is 2.68. The van der Waals surface area contributed by atoms with Crippen LogP contribution in [0.3, 0.4) is 0 Å². The molecule has 2 heterocycles. The maximum Gasteiger partial charge on any atom is 0.251 e. The summed E-state index contributed by atoms with van der Waals surface area (Å²) in [7, 11) is -3.92. The first kappa shape index (κ1) is 23.5. The van der Waals surface area contributed by atoms with E-state index < -0.39 is 10.0 Å². The van der Waals surface area contributed by atoms with E-state index >= 15 is 0 Å². The lowest BCUT2D eigenvalue weighted by Gasteiger charge is -2.23. The molecule has 0 aliphatic heterocycles. The Kier molecular flexibility index (Phi) is 7.29. The molecule has 4 rings (SSSR count). The summed E-state index contributed by atoms with van der Waals surface area (Å²) in [5.74, 6) is 0.490. The number of nitrogens with zero attached hydrogens (tertiary/aromatic N) is 6. The van der Waals surface area contributed by atoms with Crippen LogP contribution in [0.1, 0.15) is 30.3 Å². The third-order valence-electron chi connectivity index (χ3n) is 5.35. The van der Waals surface area contributed by atoms with Crippen molar-refractivity contribution < 1.29 is 8.42 Å². The molecule has 0 aliphatic rings. The molecule has 0 unspecified atom stereocenters. The lowest BCUT2D eigenvalue weighted by atomic mass is 10.2. The van der Waals surface area contributed by atoms with E-state index in [-0.39, 0.29) is 30.1 Å². The third kappa shape index (κ3) is 5.46. The molecular weight excluding hydrogens is 452 g/mol. The molecule has 0 N–H and O–H groups in total. The lowest BCUT2D eigenvalue weighted by Crippen LogP contribution is -2.32. The zero-order valence-corrected chi connectivity index (χ0v) is 19.7. The van der Waals surface area contributed by atoms with Crippen LogP contribution in [0.4, 0.5) is 0 Å². The minimum Gasteiger partial charge on any atom is -0.306 e. The van der Waals surface area contributed by atoms with E-state index in [4.69, 9.17) is 0 Å². The summed E-state index contributed by atoms with van der Waals surface area (Å²) in [6.45, 7) is 3.08. The number of aryl methyl sites for hydroxylation is 1. The maximum atomic E-state index is 13.7. The van der Waals surface area contributed by atoms with E-state index in [2.05, 4.69) is 15.5 Å². The second-order valence-corrected chi connectivity index (χ2v) is 9.83. The number of tetrazole rings is 1. The van der Waals surface area contributed by atoms with Gasteiger partial charge in [-0.15, -0.1) is 5.10 Å². The molecule has 176 valence electrons. The van der Waals surface area contributed by atoms with Gasteiger partial charge in [0.25, 0.3) is 5.56 Å². The van der Waals surface area contributed by atoms with Gasteiger partial charge in [-0.1, -0.05) is 67.6 Å². The second-order valence-electron chi connectivity index (χ2n) is 7.89. The standard InChI is InChI=1S/C24H26N6O3S/c1-2-15-30-23(25-26-27-30)19-28-18-22(13-14-24(28)31)34(32,33)29(16-20-9-5-3-6-10-20)17-21-11-7-4-8-12-21/h3-14,18H,2,15-17,19H2,1H3. The van der Waals surface area contributed by atoms with E-state index in [0.717, 1.165) is 17.5 Å². The quantitative estimate of drug-likeness (QED) is 0.347. The zero-order chi connectivity index (χ0) is 24.0. The highest BCUT2D eigenvalue weighted by Crippen LogP contribution is 2.21. The molecule has 0 amide bonds. The van der Waals surface area contributed by atoms with Crippen LogP contribution in [0.25, 0.3) is 0 Å². The van der Waals surface area contributed by atoms with Gasteiger partial charge in [-0.2, -0.15) is 4.31 Å². The minimum absolute atomic E-state index is 0.0356. The maximum absolute atomic E-state index is 13.7. The molecule has 4 aromatic rings. The van der Waals surface area contributed by atoms with Crippen LogP contribution in [0.5, 0.6) is 0 Å². The van der Waals surface area contributed by atoms with Crippen molar-refractivity contribution in [2.75, 3.05) is 0 Å². The number of rotatable bonds is 10. The summed E-state index contributed by atoms with van der Waals surface area (Å²) in [5, 5.41) is 11.6. The highest BCUT2D eigenvalue weighted by Gasteiger charge is 2.26. The van der Waals surface area contributed by atoms with Gasteiger partial charge in [0, 0.05) is 31.9 Å². The first-order valence-electron chi connectivity index (χ1n) is 11.0. The average Bonchev–Trinajstić information content (AvgIpc) is 3.28. The average molecular weight is 479 g/mol. The van der Waals surface area contributed by atoms with Crippen LogP contribution in [0, 0.1) is 0 Å². The molecule has 0 saturated heterocycles. The Bertz CT molecular complexity index is 1340. The molecule has 0 saturated carbocycles. The van der Waals surface area contributed by atoms with Gasteiger partial charge in [0.2, 0.25) is 10.0 Å². The fourth-order valence-corrected chi connectivity index (χ4v) is 5.05. The summed E-state index contributed by atoms with van der Waals surface area (Å²) in [4.78, 5) is 12.6. The number of hydrogen-bond acceptors (Lipinski definition) is 6. The highest BCUT2D eigenvalue weighted by molar-refractivity contribution is 7.89. The molecule has 0 atom stereocenters. The predicted molar refractivity (Wildman–Crippen MR) is 127 cm³/mol. The van der Waals surface area contributed by atoms with Crippen LogP contribution in [0.2, 0.25) is 0 Å². The Morgan fingerprint density at radius 3 is 2.09 bits per heavy atom. The molecule has 10 heteroatoms. The molecule has 0 fully saturated rings. The van der Waals surface area contributed by atoms with Gasteiger partial charge < -0.3 is 4.57 Å². The molecule has 2 aromatic heterocycles. The van der Waals surface area contributed by atoms with E-state index in [9.17, 15) is 13.2 Å². The van der Waals surface area contributed by atoms with Crippen molar-refractivity contribution in [3.8, 4) is 0 Å². The number of pyridine rings is 1. The smallest absolute Gasteiger partial charge is 0.251 e. The van der Waals surface area contributed by atoms with Gasteiger partial charge in [-0.3, -0.25) is 4.79 Å². The van der Waals surface area contributed by atoms with E-state index in [1.54, 1.807) is 4.68 Å². The molecule has 0 bridgehead atoms. The van der Waals surface area contributed by atoms with Crippen molar-refractivity contribution in [3.05, 3.63) is 106 Å². The summed E-state index contributed by atoms with van der Waals surface area (Å²) < 4.78 is 31.8. The van der Waals surface area contributed by atoms with Crippen molar-refractivity contribution in [3.63, 3.8) is 0 Å². The van der Waals surface area contributed by atoms with E-state index in [0.29, 0.717) is 12.4 Å². The SMILES string of the molecule is CCCn1nnnc1Cn1cc(S(=O)(=O)N(Cc2ccccc2)Cc2ccccc2)ccc1=O. The summed E-state index contributed by atoms with van der Waals surface area (Å²) in [5.41, 5.74) is 1.41. The van der Waals surface area contributed by atoms with E-state index in [1.165, 1.54) is 27.2 Å². The van der Waals surface area contributed by atoms with Crippen molar-refractivity contribution in [2.24, 2.45) is 0 Å². The number of hydrogen-bond donors (Lipinski definition) is 0. The fourth-order valence-electron chi connectivity index (χ4n) is 3.61. The Morgan fingerprint density at radius 2 is 1.50 bits per heavy atom. The van der Waals surface area contributed by atoms with E-state index in [1.807, 2.05) is 67.6 Å². The van der Waals surface area contributed by atoms with Crippen molar-refractivity contribution >= 4 is 10.0 Å². The summed E-state index contributed by atoms with van der Waals surface area (Å²) in [6.07, 6.45) is 2.20. The van der Waals surface area contributed by atoms with Gasteiger partial charge in [0.1, 0.15) is 0 Å². The fraction of sp³-hybridized carbons (Fsp3) is 0.250. The Labute approximate surface area is 198 Å². The van der Waals surface area contributed by atoms with Gasteiger partial charge >= 0.3 is 0 Å². The molecule has 0 aliphatic carbocycles. The number of benzene rings is 2. The number of sulfonamides is 1. The van der Waals surface area contributed by atoms with Crippen molar-refractivity contribution in [1.29, 1.82) is 0 Å². The van der Waals surface area contributed by atoms with Crippen molar-refractivity contribution in [2.45, 2.75) is 44.4 Å². The second kappa shape index (κ2) is 10.5. The Morgan fingerprint density at radius 1 is 0.882 bits per heavy atom. The van der Waals surface area contributed by atoms with Gasteiger partial charge in [-0.25, -0.2) is 13.1 Å². The third-order valence-corrected chi connectivity index (χ3v) is 7.13. The van der Waals surface area contributed by atoms with Gasteiger partial charge in [0.15, 0.2) is 5.82 Å². The number of aromatic nitrogens is 5. The molecular formula is C24H26N6O3S. The topological polar surface area (TPSA) is 103 Å². The molecule has 0 radical (unpaired) electrons. The van der Waals surface area contributed by atoms with Gasteiger partial charge in [-0.05, 0) is 34.0 Å². The Hall–Kier alpha value is -3.63. The van der Waals surface area contributed by atoms with Crippen LogP contribution < -0.4 is 5.56 Å². The molecule has 0 spiro atoms. The minimum atomic E-state index is -3.92. The normalized spacial score (nSPS) is 11.7. The van der Waals surface area contributed by atoms with Crippen LogP contribution in [-0.4, -0.2) is 37.5 Å². The monoisotopic (exact) mass is 478 g/mol. The summed E-state index contributed by atoms with van der Waals surface area (Å²) in [6, 6.07) is 21.5. The highest BCUT2D eigenvalue weighted by atomic mass is 32.2. The Balaban J connectivity index is 1.68. The molecule has 9 nitrogen and oxygen atoms in total. The molecule has 34 heavy (non-hydrogen) atoms. The summed E-state index contributed by atoms with van der Waals surface area (Å²) >= 11 is 0. The van der Waals surface area contributed by atoms with Crippen LogP contribution in [0.15, 0.2) is 88.7 Å². The zero-order valence-electron chi connectivity index (χ0n) is 18.9. The first-order valence-corrected chi connectivity index (χ1v) is 12.4. The van der Waals surface area contributed by atoms with Gasteiger partial charge in [0.05, 0.1) is 11.4 Å². The lowest BCUT2D eigenvalue weighted by molar-refractivity contribution is 0.400. The molecule has 2 aromatic carbocycles. The van der Waals surface area contributed by atoms with Crippen LogP contribution in [-0.2, 0) is 36.2 Å². The van der Waals surface area contributed by atoms with Crippen LogP contribution >= 0.6 is 0 Å².